The summed E-state index contributed by atoms with van der Waals surface area (Å²) in [7, 11) is 0. The first kappa shape index (κ1) is 19.9. The number of Topliss-reactive ketones (excluding diaryl/α,β-unsaturated/α-hetero) is 1. The molecule has 3 aromatic heterocycles. The molecule has 144 valence electrons. The largest absolute Gasteiger partial charge is 0.415 e. The SMILES string of the molecule is Cc1cc(C(=O)CSc2nnc(C(C)(C)C)o2)c(C)n1CCc1cccs1. The normalized spacial score (nSPS) is 11.9. The summed E-state index contributed by atoms with van der Waals surface area (Å²) in [4.78, 5) is 14.1. The zero-order valence-electron chi connectivity index (χ0n) is 16.4. The third-order valence-corrected chi connectivity index (χ3v) is 6.17. The van der Waals surface area contributed by atoms with Gasteiger partial charge in [0.1, 0.15) is 0 Å². The fourth-order valence-corrected chi connectivity index (χ4v) is 4.23. The van der Waals surface area contributed by atoms with Gasteiger partial charge in [-0.25, -0.2) is 0 Å². The zero-order chi connectivity index (χ0) is 19.6. The van der Waals surface area contributed by atoms with Crippen LogP contribution in [-0.4, -0.2) is 26.3 Å². The van der Waals surface area contributed by atoms with Crippen LogP contribution in [0.2, 0.25) is 0 Å². The minimum atomic E-state index is -0.191. The summed E-state index contributed by atoms with van der Waals surface area (Å²) in [6, 6.07) is 6.21. The summed E-state index contributed by atoms with van der Waals surface area (Å²) in [6.07, 6.45) is 0.980. The van der Waals surface area contributed by atoms with Crippen molar-refractivity contribution < 1.29 is 9.21 Å². The second-order valence-electron chi connectivity index (χ2n) is 7.60. The van der Waals surface area contributed by atoms with Gasteiger partial charge in [-0.1, -0.05) is 38.6 Å². The second kappa shape index (κ2) is 8.02. The highest BCUT2D eigenvalue weighted by atomic mass is 32.2. The predicted octanol–water partition coefficient (Wildman–Crippen LogP) is 5.06. The minimum absolute atomic E-state index is 0.0889. The summed E-state index contributed by atoms with van der Waals surface area (Å²) in [5.41, 5.74) is 2.73. The molecule has 3 heterocycles. The van der Waals surface area contributed by atoms with E-state index >= 15 is 0 Å². The molecular formula is C20H25N3O2S2. The van der Waals surface area contributed by atoms with Gasteiger partial charge in [-0.2, -0.15) is 0 Å². The van der Waals surface area contributed by atoms with Crippen molar-refractivity contribution in [1.82, 2.24) is 14.8 Å². The van der Waals surface area contributed by atoms with Crippen molar-refractivity contribution in [2.45, 2.75) is 58.2 Å². The molecule has 0 saturated heterocycles. The molecular weight excluding hydrogens is 378 g/mol. The van der Waals surface area contributed by atoms with Crippen LogP contribution in [0.4, 0.5) is 0 Å². The van der Waals surface area contributed by atoms with Crippen molar-refractivity contribution in [2.75, 3.05) is 5.75 Å². The topological polar surface area (TPSA) is 60.9 Å². The second-order valence-corrected chi connectivity index (χ2v) is 9.56. The molecule has 3 aromatic rings. The first-order valence-electron chi connectivity index (χ1n) is 8.95. The number of hydrogen-bond acceptors (Lipinski definition) is 6. The molecule has 0 aliphatic rings. The highest BCUT2D eigenvalue weighted by Crippen LogP contribution is 2.26. The number of thiophene rings is 1. The van der Waals surface area contributed by atoms with Gasteiger partial charge in [-0.05, 0) is 37.8 Å². The number of rotatable bonds is 7. The maximum atomic E-state index is 12.7. The number of carbonyl (C=O) groups excluding carboxylic acids is 1. The van der Waals surface area contributed by atoms with E-state index in [0.717, 1.165) is 29.9 Å². The molecule has 0 amide bonds. The molecule has 0 unspecified atom stereocenters. The molecule has 0 aliphatic heterocycles. The van der Waals surface area contributed by atoms with E-state index < -0.39 is 0 Å². The summed E-state index contributed by atoms with van der Waals surface area (Å²) >= 11 is 3.07. The van der Waals surface area contributed by atoms with Gasteiger partial charge in [-0.3, -0.25) is 4.79 Å². The van der Waals surface area contributed by atoms with Crippen LogP contribution in [0.15, 0.2) is 33.2 Å². The molecule has 0 saturated carbocycles. The fourth-order valence-electron chi connectivity index (χ4n) is 2.88. The third-order valence-electron chi connectivity index (χ3n) is 4.41. The summed E-state index contributed by atoms with van der Waals surface area (Å²) < 4.78 is 7.88. The predicted molar refractivity (Wildman–Crippen MR) is 110 cm³/mol. The van der Waals surface area contributed by atoms with Crippen molar-refractivity contribution in [3.63, 3.8) is 0 Å². The van der Waals surface area contributed by atoms with Crippen molar-refractivity contribution >= 4 is 28.9 Å². The molecule has 5 nitrogen and oxygen atoms in total. The number of nitrogens with zero attached hydrogens (tertiary/aromatic N) is 3. The van der Waals surface area contributed by atoms with E-state index in [9.17, 15) is 4.79 Å². The van der Waals surface area contributed by atoms with Crippen LogP contribution in [-0.2, 0) is 18.4 Å². The Labute approximate surface area is 168 Å². The average Bonchev–Trinajstić information content (AvgIpc) is 3.32. The standard InChI is InChI=1S/C20H25N3O2S2/c1-13-11-16(14(2)23(13)9-8-15-7-6-10-26-15)17(24)12-27-19-22-21-18(25-19)20(3,4)5/h6-7,10-11H,8-9,12H2,1-5H3. The Morgan fingerprint density at radius 2 is 2.07 bits per heavy atom. The lowest BCUT2D eigenvalue weighted by Crippen LogP contribution is -2.11. The van der Waals surface area contributed by atoms with Crippen LogP contribution >= 0.6 is 23.1 Å². The molecule has 0 radical (unpaired) electrons. The van der Waals surface area contributed by atoms with E-state index in [2.05, 4.69) is 39.2 Å². The number of thioether (sulfide) groups is 1. The van der Waals surface area contributed by atoms with Crippen LogP contribution < -0.4 is 0 Å². The average molecular weight is 404 g/mol. The maximum absolute atomic E-state index is 12.7. The Hall–Kier alpha value is -1.86. The third kappa shape index (κ3) is 4.71. The smallest absolute Gasteiger partial charge is 0.277 e. The van der Waals surface area contributed by atoms with Crippen molar-refractivity contribution in [2.24, 2.45) is 0 Å². The first-order chi connectivity index (χ1) is 12.8. The molecule has 3 rings (SSSR count). The van der Waals surface area contributed by atoms with Gasteiger partial charge in [-0.15, -0.1) is 21.5 Å². The molecule has 0 aliphatic carbocycles. The van der Waals surface area contributed by atoms with E-state index in [0.29, 0.717) is 16.9 Å². The van der Waals surface area contributed by atoms with E-state index in [-0.39, 0.29) is 11.2 Å². The molecule has 0 fully saturated rings. The van der Waals surface area contributed by atoms with E-state index in [1.807, 2.05) is 33.8 Å². The van der Waals surface area contributed by atoms with Gasteiger partial charge in [0.2, 0.25) is 5.89 Å². The lowest BCUT2D eigenvalue weighted by molar-refractivity contribution is 0.102. The molecule has 27 heavy (non-hydrogen) atoms. The van der Waals surface area contributed by atoms with E-state index in [1.165, 1.54) is 16.6 Å². The molecule has 7 heteroatoms. The van der Waals surface area contributed by atoms with E-state index in [4.69, 9.17) is 4.42 Å². The Bertz CT molecular complexity index is 918. The highest BCUT2D eigenvalue weighted by Gasteiger charge is 2.22. The fraction of sp³-hybridized carbons (Fsp3) is 0.450. The van der Waals surface area contributed by atoms with Gasteiger partial charge in [0.05, 0.1) is 5.75 Å². The van der Waals surface area contributed by atoms with E-state index in [1.54, 1.807) is 11.3 Å². The molecule has 0 bridgehead atoms. The van der Waals surface area contributed by atoms with Crippen molar-refractivity contribution in [3.8, 4) is 0 Å². The Balaban J connectivity index is 1.64. The molecule has 0 aromatic carbocycles. The Morgan fingerprint density at radius 1 is 1.30 bits per heavy atom. The highest BCUT2D eigenvalue weighted by molar-refractivity contribution is 7.99. The quantitative estimate of drug-likeness (QED) is 0.407. The van der Waals surface area contributed by atoms with Crippen LogP contribution in [0.3, 0.4) is 0 Å². The van der Waals surface area contributed by atoms with Crippen molar-refractivity contribution in [1.29, 1.82) is 0 Å². The number of aromatic nitrogens is 3. The van der Waals surface area contributed by atoms with Gasteiger partial charge in [0.15, 0.2) is 5.78 Å². The number of aryl methyl sites for hydroxylation is 2. The maximum Gasteiger partial charge on any atom is 0.277 e. The molecule has 0 spiro atoms. The lowest BCUT2D eigenvalue weighted by atomic mass is 9.97. The van der Waals surface area contributed by atoms with Crippen LogP contribution in [0.5, 0.6) is 0 Å². The number of ketones is 1. The van der Waals surface area contributed by atoms with Crippen LogP contribution in [0, 0.1) is 13.8 Å². The number of carbonyl (C=O) groups is 1. The lowest BCUT2D eigenvalue weighted by Gasteiger charge is -2.10. The van der Waals surface area contributed by atoms with Crippen molar-refractivity contribution in [3.05, 3.63) is 51.3 Å². The van der Waals surface area contributed by atoms with Gasteiger partial charge in [0.25, 0.3) is 5.22 Å². The minimum Gasteiger partial charge on any atom is -0.415 e. The van der Waals surface area contributed by atoms with Gasteiger partial charge >= 0.3 is 0 Å². The molecule has 0 N–H and O–H groups in total. The summed E-state index contributed by atoms with van der Waals surface area (Å²) in [5.74, 6) is 0.969. The van der Waals surface area contributed by atoms with Crippen LogP contribution in [0.25, 0.3) is 0 Å². The summed E-state index contributed by atoms with van der Waals surface area (Å²) in [6.45, 7) is 11.0. The van der Waals surface area contributed by atoms with Crippen LogP contribution in [0.1, 0.15) is 53.3 Å². The monoisotopic (exact) mass is 403 g/mol. The van der Waals surface area contributed by atoms with Gasteiger partial charge in [0, 0.05) is 33.8 Å². The van der Waals surface area contributed by atoms with Gasteiger partial charge < -0.3 is 8.98 Å². The summed E-state index contributed by atoms with van der Waals surface area (Å²) in [5, 5.41) is 10.7. The Morgan fingerprint density at radius 3 is 2.70 bits per heavy atom. The first-order valence-corrected chi connectivity index (χ1v) is 10.8. The number of hydrogen-bond donors (Lipinski definition) is 0. The zero-order valence-corrected chi connectivity index (χ0v) is 18.0. The Kier molecular flexibility index (Phi) is 5.91. The molecule has 0 atom stereocenters.